The minimum atomic E-state index is -1.51. The molecular formula is C13H14FIO2. The minimum absolute atomic E-state index is 0.152. The van der Waals surface area contributed by atoms with Crippen LogP contribution in [-0.2, 0) is 9.53 Å². The first-order chi connectivity index (χ1) is 8.06. The highest BCUT2D eigenvalue weighted by Gasteiger charge is 2.21. The predicted octanol–water partition coefficient (Wildman–Crippen LogP) is 3.81. The summed E-state index contributed by atoms with van der Waals surface area (Å²) in [6, 6.07) is 6.91. The van der Waals surface area contributed by atoms with Gasteiger partial charge in [0, 0.05) is 3.57 Å². The van der Waals surface area contributed by atoms with Gasteiger partial charge in [0.15, 0.2) is 6.17 Å². The summed E-state index contributed by atoms with van der Waals surface area (Å²) in [7, 11) is 0. The topological polar surface area (TPSA) is 26.3 Å². The Morgan fingerprint density at radius 1 is 1.59 bits per heavy atom. The molecule has 0 aromatic heterocycles. The van der Waals surface area contributed by atoms with Crippen LogP contribution in [-0.4, -0.2) is 12.6 Å². The average Bonchev–Trinajstić information content (AvgIpc) is 2.34. The molecule has 92 valence electrons. The number of benzene rings is 1. The number of carbonyl (C=O) groups excluding carboxylic acids is 1. The van der Waals surface area contributed by atoms with Gasteiger partial charge in [-0.3, -0.25) is 0 Å². The number of carbonyl (C=O) groups is 1. The zero-order chi connectivity index (χ0) is 12.8. The van der Waals surface area contributed by atoms with E-state index < -0.39 is 12.1 Å². The van der Waals surface area contributed by atoms with Gasteiger partial charge in [0.05, 0.1) is 12.2 Å². The van der Waals surface area contributed by atoms with E-state index in [-0.39, 0.29) is 12.2 Å². The van der Waals surface area contributed by atoms with Crippen molar-refractivity contribution < 1.29 is 13.9 Å². The van der Waals surface area contributed by atoms with Crippen LogP contribution in [0.3, 0.4) is 0 Å². The van der Waals surface area contributed by atoms with Crippen LogP contribution in [0.1, 0.15) is 25.1 Å². The number of halogens is 2. The highest BCUT2D eigenvalue weighted by atomic mass is 127. The van der Waals surface area contributed by atoms with E-state index in [0.29, 0.717) is 12.0 Å². The van der Waals surface area contributed by atoms with Gasteiger partial charge in [-0.1, -0.05) is 25.6 Å². The van der Waals surface area contributed by atoms with Crippen molar-refractivity contribution in [1.29, 1.82) is 0 Å². The molecule has 0 bridgehead atoms. The highest BCUT2D eigenvalue weighted by Crippen LogP contribution is 2.26. The molecule has 1 atom stereocenters. The normalized spacial score (nSPS) is 11.9. The third-order valence-electron chi connectivity index (χ3n) is 2.15. The van der Waals surface area contributed by atoms with Crippen molar-refractivity contribution in [2.75, 3.05) is 6.61 Å². The Labute approximate surface area is 114 Å². The monoisotopic (exact) mass is 348 g/mol. The van der Waals surface area contributed by atoms with Crippen molar-refractivity contribution in [2.45, 2.75) is 19.5 Å². The highest BCUT2D eigenvalue weighted by molar-refractivity contribution is 14.1. The maximum Gasteiger partial charge on any atom is 0.336 e. The molecule has 0 radical (unpaired) electrons. The van der Waals surface area contributed by atoms with Crippen molar-refractivity contribution in [3.05, 3.63) is 45.6 Å². The van der Waals surface area contributed by atoms with Gasteiger partial charge in [-0.15, -0.1) is 0 Å². The fourth-order valence-corrected chi connectivity index (χ4v) is 1.82. The Morgan fingerprint density at radius 3 is 2.88 bits per heavy atom. The van der Waals surface area contributed by atoms with Crippen LogP contribution in [0, 0.1) is 3.57 Å². The van der Waals surface area contributed by atoms with Gasteiger partial charge < -0.3 is 4.74 Å². The second-order valence-electron chi connectivity index (χ2n) is 3.58. The minimum Gasteiger partial charge on any atom is -0.462 e. The maximum absolute atomic E-state index is 14.0. The lowest BCUT2D eigenvalue weighted by Crippen LogP contribution is -2.12. The van der Waals surface area contributed by atoms with E-state index in [1.165, 1.54) is 0 Å². The van der Waals surface area contributed by atoms with E-state index in [9.17, 15) is 9.18 Å². The molecule has 4 heteroatoms. The van der Waals surface area contributed by atoms with Crippen molar-refractivity contribution in [2.24, 2.45) is 0 Å². The van der Waals surface area contributed by atoms with Crippen LogP contribution >= 0.6 is 22.6 Å². The van der Waals surface area contributed by atoms with E-state index >= 15 is 0 Å². The molecule has 0 aliphatic rings. The summed E-state index contributed by atoms with van der Waals surface area (Å²) in [5, 5.41) is 0. The molecule has 0 aliphatic carbocycles. The fourth-order valence-electron chi connectivity index (χ4n) is 1.26. The third-order valence-corrected chi connectivity index (χ3v) is 2.82. The van der Waals surface area contributed by atoms with Crippen LogP contribution in [0.4, 0.5) is 4.39 Å². The van der Waals surface area contributed by atoms with Gasteiger partial charge in [0.25, 0.3) is 0 Å². The van der Waals surface area contributed by atoms with E-state index in [2.05, 4.69) is 29.2 Å². The quantitative estimate of drug-likeness (QED) is 0.460. The van der Waals surface area contributed by atoms with E-state index in [4.69, 9.17) is 4.74 Å². The Morgan fingerprint density at radius 2 is 2.29 bits per heavy atom. The second kappa shape index (κ2) is 6.74. The van der Waals surface area contributed by atoms with Gasteiger partial charge in [-0.2, -0.15) is 0 Å². The fraction of sp³-hybridized carbons (Fsp3) is 0.308. The van der Waals surface area contributed by atoms with E-state index in [1.807, 2.05) is 13.0 Å². The molecule has 17 heavy (non-hydrogen) atoms. The molecule has 0 amide bonds. The van der Waals surface area contributed by atoms with Crippen LogP contribution in [0.2, 0.25) is 0 Å². The molecule has 1 rings (SSSR count). The molecule has 0 aliphatic heterocycles. The van der Waals surface area contributed by atoms with Gasteiger partial charge in [-0.05, 0) is 46.7 Å². The van der Waals surface area contributed by atoms with Gasteiger partial charge in [0.2, 0.25) is 0 Å². The molecule has 0 saturated heterocycles. The van der Waals surface area contributed by atoms with Gasteiger partial charge in [0.1, 0.15) is 0 Å². The Hall–Kier alpha value is -0.910. The molecule has 0 saturated carbocycles. The lowest BCUT2D eigenvalue weighted by atomic mass is 10.0. The first-order valence-electron chi connectivity index (χ1n) is 5.31. The van der Waals surface area contributed by atoms with Crippen molar-refractivity contribution in [1.82, 2.24) is 0 Å². The number of alkyl halides is 1. The summed E-state index contributed by atoms with van der Waals surface area (Å²) in [5.74, 6) is -0.668. The molecule has 0 heterocycles. The second-order valence-corrected chi connectivity index (χ2v) is 4.82. The zero-order valence-corrected chi connectivity index (χ0v) is 11.7. The number of hydrogen-bond acceptors (Lipinski definition) is 2. The largest absolute Gasteiger partial charge is 0.462 e. The summed E-state index contributed by atoms with van der Waals surface area (Å²) in [6.07, 6.45) is -0.798. The summed E-state index contributed by atoms with van der Waals surface area (Å²) in [6.45, 7) is 5.63. The lowest BCUT2D eigenvalue weighted by molar-refractivity contribution is -0.139. The van der Waals surface area contributed by atoms with Gasteiger partial charge >= 0.3 is 5.97 Å². The first kappa shape index (κ1) is 14.2. The molecule has 0 spiro atoms. The number of hydrogen-bond donors (Lipinski definition) is 0. The summed E-state index contributed by atoms with van der Waals surface area (Å²) < 4.78 is 19.7. The van der Waals surface area contributed by atoms with Crippen molar-refractivity contribution in [3.8, 4) is 0 Å². The molecule has 2 nitrogen and oxygen atoms in total. The Balaban J connectivity index is 2.72. The zero-order valence-electron chi connectivity index (χ0n) is 9.58. The SMILES string of the molecule is C=C(C(=O)OCCC)C(F)c1cccc(I)c1. The Bertz CT molecular complexity index is 418. The smallest absolute Gasteiger partial charge is 0.336 e. The number of rotatable bonds is 5. The van der Waals surface area contributed by atoms with Crippen LogP contribution in [0.25, 0.3) is 0 Å². The summed E-state index contributed by atoms with van der Waals surface area (Å²) >= 11 is 2.09. The van der Waals surface area contributed by atoms with Crippen LogP contribution < -0.4 is 0 Å². The average molecular weight is 348 g/mol. The molecule has 0 fully saturated rings. The third kappa shape index (κ3) is 4.11. The standard InChI is InChI=1S/C13H14FIO2/c1-3-7-17-13(16)9(2)12(14)10-5-4-6-11(15)8-10/h4-6,8,12H,2-3,7H2,1H3. The van der Waals surface area contributed by atoms with Crippen molar-refractivity contribution >= 4 is 28.6 Å². The van der Waals surface area contributed by atoms with Crippen LogP contribution in [0.5, 0.6) is 0 Å². The van der Waals surface area contributed by atoms with Gasteiger partial charge in [-0.25, -0.2) is 9.18 Å². The van der Waals surface area contributed by atoms with Crippen molar-refractivity contribution in [3.63, 3.8) is 0 Å². The number of ether oxygens (including phenoxy) is 1. The van der Waals surface area contributed by atoms with E-state index in [0.717, 1.165) is 3.57 Å². The van der Waals surface area contributed by atoms with Crippen LogP contribution in [0.15, 0.2) is 36.4 Å². The van der Waals surface area contributed by atoms with E-state index in [1.54, 1.807) is 18.2 Å². The maximum atomic E-state index is 14.0. The number of esters is 1. The Kier molecular flexibility index (Phi) is 5.61. The molecule has 0 N–H and O–H groups in total. The molecule has 1 aromatic carbocycles. The molecular weight excluding hydrogens is 334 g/mol. The lowest BCUT2D eigenvalue weighted by Gasteiger charge is -2.11. The summed E-state index contributed by atoms with van der Waals surface area (Å²) in [5.41, 5.74) is 0.274. The molecule has 1 aromatic rings. The molecule has 1 unspecified atom stereocenters. The predicted molar refractivity (Wildman–Crippen MR) is 73.4 cm³/mol. The first-order valence-corrected chi connectivity index (χ1v) is 6.39. The summed E-state index contributed by atoms with van der Waals surface area (Å²) in [4.78, 5) is 11.4.